The van der Waals surface area contributed by atoms with E-state index in [1.165, 1.54) is 0 Å². The van der Waals surface area contributed by atoms with E-state index in [1.807, 2.05) is 38.4 Å². The number of benzene rings is 1. The van der Waals surface area contributed by atoms with Crippen LogP contribution in [0.5, 0.6) is 0 Å². The molecular formula is C15H25N3O2S. The molecule has 0 amide bonds. The number of nitrogens with zero attached hydrogens (tertiary/aromatic N) is 2. The quantitative estimate of drug-likeness (QED) is 0.876. The Bertz CT molecular complexity index is 586. The van der Waals surface area contributed by atoms with Crippen LogP contribution in [0.4, 0.5) is 0 Å². The molecular weight excluding hydrogens is 286 g/mol. The van der Waals surface area contributed by atoms with Crippen LogP contribution in [0.25, 0.3) is 0 Å². The molecule has 1 saturated heterocycles. The van der Waals surface area contributed by atoms with Gasteiger partial charge in [0.1, 0.15) is 0 Å². The van der Waals surface area contributed by atoms with E-state index in [9.17, 15) is 8.42 Å². The van der Waals surface area contributed by atoms with E-state index in [2.05, 4.69) is 11.8 Å². The molecule has 1 heterocycles. The van der Waals surface area contributed by atoms with Crippen LogP contribution in [0.2, 0.25) is 0 Å². The molecule has 1 aliphatic rings. The summed E-state index contributed by atoms with van der Waals surface area (Å²) in [5.74, 6) is 0.382. The van der Waals surface area contributed by atoms with Gasteiger partial charge in [0.15, 0.2) is 0 Å². The van der Waals surface area contributed by atoms with Gasteiger partial charge in [-0.25, -0.2) is 8.42 Å². The van der Waals surface area contributed by atoms with Gasteiger partial charge in [-0.15, -0.1) is 0 Å². The molecule has 0 aromatic heterocycles. The van der Waals surface area contributed by atoms with E-state index in [1.54, 1.807) is 4.31 Å². The molecule has 21 heavy (non-hydrogen) atoms. The van der Waals surface area contributed by atoms with E-state index < -0.39 is 10.0 Å². The van der Waals surface area contributed by atoms with Gasteiger partial charge in [0, 0.05) is 25.7 Å². The SMILES string of the molecule is CC1CN(S(=O)(=O)Cc2ccccc2CN)CC1N(C)C. The predicted molar refractivity (Wildman–Crippen MR) is 85.2 cm³/mol. The summed E-state index contributed by atoms with van der Waals surface area (Å²) in [6, 6.07) is 7.77. The Kier molecular flexibility index (Phi) is 5.03. The summed E-state index contributed by atoms with van der Waals surface area (Å²) in [6.45, 7) is 3.63. The van der Waals surface area contributed by atoms with Gasteiger partial charge in [0.05, 0.1) is 5.75 Å². The van der Waals surface area contributed by atoms with Crippen molar-refractivity contribution in [2.45, 2.75) is 25.3 Å². The van der Waals surface area contributed by atoms with Crippen LogP contribution >= 0.6 is 0 Å². The normalized spacial score (nSPS) is 23.9. The zero-order valence-electron chi connectivity index (χ0n) is 13.0. The van der Waals surface area contributed by atoms with Crippen molar-refractivity contribution in [3.63, 3.8) is 0 Å². The fourth-order valence-electron chi connectivity index (χ4n) is 2.99. The summed E-state index contributed by atoms with van der Waals surface area (Å²) < 4.78 is 26.9. The fourth-order valence-corrected chi connectivity index (χ4v) is 4.69. The number of likely N-dealkylation sites (N-methyl/N-ethyl adjacent to an activating group) is 1. The third-order valence-corrected chi connectivity index (χ3v) is 6.03. The molecule has 2 N–H and O–H groups in total. The number of rotatable bonds is 5. The first-order valence-corrected chi connectivity index (χ1v) is 8.87. The Labute approximate surface area is 127 Å². The van der Waals surface area contributed by atoms with Gasteiger partial charge in [-0.05, 0) is 31.1 Å². The lowest BCUT2D eigenvalue weighted by Gasteiger charge is -2.22. The summed E-state index contributed by atoms with van der Waals surface area (Å²) in [5.41, 5.74) is 7.40. The van der Waals surface area contributed by atoms with Crippen molar-refractivity contribution in [1.29, 1.82) is 0 Å². The molecule has 0 saturated carbocycles. The lowest BCUT2D eigenvalue weighted by atomic mass is 10.1. The largest absolute Gasteiger partial charge is 0.326 e. The molecule has 0 spiro atoms. The first-order valence-electron chi connectivity index (χ1n) is 7.26. The topological polar surface area (TPSA) is 66.6 Å². The molecule has 1 aliphatic heterocycles. The van der Waals surface area contributed by atoms with Crippen molar-refractivity contribution < 1.29 is 8.42 Å². The minimum absolute atomic E-state index is 0.0350. The Hall–Kier alpha value is -0.950. The van der Waals surface area contributed by atoms with Crippen LogP contribution in [0.3, 0.4) is 0 Å². The number of nitrogens with two attached hydrogens (primary N) is 1. The highest BCUT2D eigenvalue weighted by Gasteiger charge is 2.37. The minimum atomic E-state index is -3.29. The van der Waals surface area contributed by atoms with Gasteiger partial charge in [-0.2, -0.15) is 4.31 Å². The van der Waals surface area contributed by atoms with E-state index in [0.717, 1.165) is 11.1 Å². The molecule has 0 radical (unpaired) electrons. The molecule has 1 aromatic rings. The average Bonchev–Trinajstić information content (AvgIpc) is 2.82. The first kappa shape index (κ1) is 16.4. The summed E-state index contributed by atoms with van der Waals surface area (Å²) in [4.78, 5) is 2.11. The second kappa shape index (κ2) is 6.44. The zero-order valence-corrected chi connectivity index (χ0v) is 13.8. The third-order valence-electron chi connectivity index (χ3n) is 4.27. The highest BCUT2D eigenvalue weighted by molar-refractivity contribution is 7.88. The lowest BCUT2D eigenvalue weighted by Crippen LogP contribution is -2.36. The molecule has 118 valence electrons. The van der Waals surface area contributed by atoms with Gasteiger partial charge < -0.3 is 10.6 Å². The highest BCUT2D eigenvalue weighted by Crippen LogP contribution is 2.25. The minimum Gasteiger partial charge on any atom is -0.326 e. The third kappa shape index (κ3) is 3.63. The fraction of sp³-hybridized carbons (Fsp3) is 0.600. The Morgan fingerprint density at radius 2 is 1.86 bits per heavy atom. The van der Waals surface area contributed by atoms with Crippen molar-refractivity contribution in [2.24, 2.45) is 11.7 Å². The molecule has 5 nitrogen and oxygen atoms in total. The van der Waals surface area contributed by atoms with E-state index in [-0.39, 0.29) is 11.8 Å². The van der Waals surface area contributed by atoms with Crippen LogP contribution in [0, 0.1) is 5.92 Å². The van der Waals surface area contributed by atoms with Crippen molar-refractivity contribution in [3.8, 4) is 0 Å². The van der Waals surface area contributed by atoms with Crippen molar-refractivity contribution in [1.82, 2.24) is 9.21 Å². The monoisotopic (exact) mass is 311 g/mol. The Morgan fingerprint density at radius 3 is 2.38 bits per heavy atom. The van der Waals surface area contributed by atoms with E-state index in [4.69, 9.17) is 5.73 Å². The van der Waals surface area contributed by atoms with Crippen LogP contribution in [0.1, 0.15) is 18.1 Å². The molecule has 1 fully saturated rings. The number of hydrogen-bond acceptors (Lipinski definition) is 4. The van der Waals surface area contributed by atoms with Crippen molar-refractivity contribution >= 4 is 10.0 Å². The molecule has 6 heteroatoms. The first-order chi connectivity index (χ1) is 9.85. The average molecular weight is 311 g/mol. The van der Waals surface area contributed by atoms with Gasteiger partial charge in [-0.1, -0.05) is 31.2 Å². The Balaban J connectivity index is 2.16. The van der Waals surface area contributed by atoms with E-state index in [0.29, 0.717) is 25.6 Å². The molecule has 2 unspecified atom stereocenters. The van der Waals surface area contributed by atoms with Crippen LogP contribution < -0.4 is 5.73 Å². The van der Waals surface area contributed by atoms with Crippen LogP contribution in [0.15, 0.2) is 24.3 Å². The second-order valence-corrected chi connectivity index (χ2v) is 8.02. The molecule has 1 aromatic carbocycles. The number of hydrogen-bond donors (Lipinski definition) is 1. The van der Waals surface area contributed by atoms with Gasteiger partial charge >= 0.3 is 0 Å². The van der Waals surface area contributed by atoms with Crippen molar-refractivity contribution in [2.75, 3.05) is 27.2 Å². The predicted octanol–water partition coefficient (Wildman–Crippen LogP) is 0.857. The Morgan fingerprint density at radius 1 is 1.24 bits per heavy atom. The summed E-state index contributed by atoms with van der Waals surface area (Å²) in [5, 5.41) is 0. The molecule has 0 aliphatic carbocycles. The standard InChI is InChI=1S/C15H25N3O2S/c1-12-9-18(10-15(12)17(2)3)21(19,20)11-14-7-5-4-6-13(14)8-16/h4-7,12,15H,8-11,16H2,1-3H3. The zero-order chi connectivity index (χ0) is 15.6. The molecule has 0 bridgehead atoms. The van der Waals surface area contributed by atoms with E-state index >= 15 is 0 Å². The van der Waals surface area contributed by atoms with Crippen LogP contribution in [-0.4, -0.2) is 50.8 Å². The maximum atomic E-state index is 12.7. The number of sulfonamides is 1. The molecule has 2 rings (SSSR count). The van der Waals surface area contributed by atoms with Gasteiger partial charge in [-0.3, -0.25) is 0 Å². The van der Waals surface area contributed by atoms with Crippen LogP contribution in [-0.2, 0) is 22.3 Å². The van der Waals surface area contributed by atoms with Gasteiger partial charge in [0.2, 0.25) is 10.0 Å². The summed E-state index contributed by atoms with van der Waals surface area (Å²) >= 11 is 0. The summed E-state index contributed by atoms with van der Waals surface area (Å²) in [7, 11) is 0.708. The lowest BCUT2D eigenvalue weighted by molar-refractivity contribution is 0.263. The molecule has 2 atom stereocenters. The second-order valence-electron chi connectivity index (χ2n) is 6.05. The summed E-state index contributed by atoms with van der Waals surface area (Å²) in [6.07, 6.45) is 0. The smallest absolute Gasteiger partial charge is 0.218 e. The van der Waals surface area contributed by atoms with Crippen molar-refractivity contribution in [3.05, 3.63) is 35.4 Å². The maximum Gasteiger partial charge on any atom is 0.218 e. The maximum absolute atomic E-state index is 12.7. The highest BCUT2D eigenvalue weighted by atomic mass is 32.2. The van der Waals surface area contributed by atoms with Gasteiger partial charge in [0.25, 0.3) is 0 Å².